The van der Waals surface area contributed by atoms with Gasteiger partial charge in [-0.25, -0.2) is 15.0 Å². The molecule has 0 radical (unpaired) electrons. The van der Waals surface area contributed by atoms with Crippen molar-refractivity contribution in [1.29, 1.82) is 0 Å². The molecule has 0 saturated heterocycles. The zero-order valence-electron chi connectivity index (χ0n) is 15.2. The summed E-state index contributed by atoms with van der Waals surface area (Å²) in [6.45, 7) is 2.51. The molecule has 4 heterocycles. The van der Waals surface area contributed by atoms with Crippen LogP contribution in [0.2, 0.25) is 5.15 Å². The third kappa shape index (κ3) is 3.35. The van der Waals surface area contributed by atoms with E-state index in [1.165, 1.54) is 5.56 Å². The van der Waals surface area contributed by atoms with E-state index in [1.807, 2.05) is 36.5 Å². The van der Waals surface area contributed by atoms with Crippen molar-refractivity contribution in [3.05, 3.63) is 83.0 Å². The van der Waals surface area contributed by atoms with E-state index in [2.05, 4.69) is 32.0 Å². The summed E-state index contributed by atoms with van der Waals surface area (Å²) in [6, 6.07) is 14.1. The molecule has 6 heteroatoms. The number of rotatable bonds is 3. The Morgan fingerprint density at radius 2 is 1.96 bits per heavy atom. The molecule has 4 aromatic rings. The highest BCUT2D eigenvalue weighted by Crippen LogP contribution is 2.25. The molecule has 1 aliphatic heterocycles. The van der Waals surface area contributed by atoms with Gasteiger partial charge in [0.05, 0.1) is 11.2 Å². The summed E-state index contributed by atoms with van der Waals surface area (Å²) in [5.74, 6) is 0.738. The molecule has 0 N–H and O–H groups in total. The van der Waals surface area contributed by atoms with Crippen LogP contribution < -0.4 is 0 Å². The molecule has 3 aromatic heterocycles. The molecule has 0 atom stereocenters. The lowest BCUT2D eigenvalue weighted by Crippen LogP contribution is -2.31. The van der Waals surface area contributed by atoms with Crippen molar-refractivity contribution in [1.82, 2.24) is 24.8 Å². The lowest BCUT2D eigenvalue weighted by atomic mass is 10.1. The summed E-state index contributed by atoms with van der Waals surface area (Å²) >= 11 is 6.44. The summed E-state index contributed by atoms with van der Waals surface area (Å²) in [7, 11) is 0. The summed E-state index contributed by atoms with van der Waals surface area (Å²) in [5.41, 5.74) is 5.21. The molecule has 1 aromatic carbocycles. The number of aromatic nitrogens is 4. The van der Waals surface area contributed by atoms with Crippen molar-refractivity contribution in [2.45, 2.75) is 19.5 Å². The van der Waals surface area contributed by atoms with Crippen molar-refractivity contribution >= 4 is 22.5 Å². The van der Waals surface area contributed by atoms with Gasteiger partial charge in [-0.15, -0.1) is 0 Å². The smallest absolute Gasteiger partial charge is 0.160 e. The van der Waals surface area contributed by atoms with E-state index in [1.54, 1.807) is 12.4 Å². The van der Waals surface area contributed by atoms with E-state index in [9.17, 15) is 0 Å². The molecule has 0 saturated carbocycles. The van der Waals surface area contributed by atoms with Crippen LogP contribution in [-0.2, 0) is 19.5 Å². The van der Waals surface area contributed by atoms with Gasteiger partial charge in [-0.3, -0.25) is 9.88 Å². The van der Waals surface area contributed by atoms with E-state index < -0.39 is 0 Å². The maximum atomic E-state index is 6.44. The van der Waals surface area contributed by atoms with E-state index in [0.29, 0.717) is 5.15 Å². The molecule has 0 amide bonds. The number of fused-ring (bicyclic) bond motifs is 2. The first-order valence-corrected chi connectivity index (χ1v) is 9.66. The monoisotopic (exact) mass is 387 g/mol. The number of nitrogens with zero attached hydrogens (tertiary/aromatic N) is 5. The van der Waals surface area contributed by atoms with Crippen molar-refractivity contribution < 1.29 is 0 Å². The molecule has 28 heavy (non-hydrogen) atoms. The Bertz CT molecular complexity index is 1150. The molecule has 0 spiro atoms. The van der Waals surface area contributed by atoms with Crippen LogP contribution in [0.4, 0.5) is 0 Å². The zero-order valence-corrected chi connectivity index (χ0v) is 16.0. The van der Waals surface area contributed by atoms with Crippen LogP contribution in [0, 0.1) is 0 Å². The normalized spacial score (nSPS) is 14.2. The first-order chi connectivity index (χ1) is 13.8. The maximum absolute atomic E-state index is 6.44. The van der Waals surface area contributed by atoms with Gasteiger partial charge in [-0.2, -0.15) is 0 Å². The summed E-state index contributed by atoms with van der Waals surface area (Å²) in [4.78, 5) is 20.4. The summed E-state index contributed by atoms with van der Waals surface area (Å²) < 4.78 is 0. The maximum Gasteiger partial charge on any atom is 0.160 e. The second-order valence-corrected chi connectivity index (χ2v) is 7.36. The Kier molecular flexibility index (Phi) is 4.47. The summed E-state index contributed by atoms with van der Waals surface area (Å²) in [5, 5.41) is 1.69. The lowest BCUT2D eigenvalue weighted by Gasteiger charge is -2.28. The third-order valence-electron chi connectivity index (χ3n) is 5.08. The molecule has 5 rings (SSSR count). The van der Waals surface area contributed by atoms with Gasteiger partial charge < -0.3 is 0 Å². The fourth-order valence-corrected chi connectivity index (χ4v) is 3.84. The average molecular weight is 388 g/mol. The molecule has 0 unspecified atom stereocenters. The van der Waals surface area contributed by atoms with Gasteiger partial charge in [0.15, 0.2) is 5.82 Å². The highest BCUT2D eigenvalue weighted by molar-refractivity contribution is 6.30. The number of halogens is 1. The third-order valence-corrected chi connectivity index (χ3v) is 5.40. The van der Waals surface area contributed by atoms with Gasteiger partial charge in [-0.1, -0.05) is 29.8 Å². The number of para-hydroxylation sites is 1. The number of pyridine rings is 2. The van der Waals surface area contributed by atoms with Crippen molar-refractivity contribution in [2.75, 3.05) is 6.54 Å². The predicted octanol–water partition coefficient (Wildman–Crippen LogP) is 4.30. The largest absolute Gasteiger partial charge is 0.294 e. The SMILES string of the molecule is Clc1nc2ccccc2cc1CN1CCc2nc(-c3cccnc3)ncc2C1. The topological polar surface area (TPSA) is 54.8 Å². The van der Waals surface area contributed by atoms with Gasteiger partial charge in [-0.05, 0) is 24.3 Å². The summed E-state index contributed by atoms with van der Waals surface area (Å²) in [6.07, 6.45) is 6.39. The van der Waals surface area contributed by atoms with Crippen LogP contribution >= 0.6 is 11.6 Å². The zero-order chi connectivity index (χ0) is 18.9. The van der Waals surface area contributed by atoms with Crippen LogP contribution in [0.1, 0.15) is 16.8 Å². The van der Waals surface area contributed by atoms with E-state index >= 15 is 0 Å². The second-order valence-electron chi connectivity index (χ2n) is 7.00. The van der Waals surface area contributed by atoms with Gasteiger partial charge in [0, 0.05) is 66.7 Å². The van der Waals surface area contributed by atoms with Crippen LogP contribution in [0.15, 0.2) is 61.1 Å². The highest BCUT2D eigenvalue weighted by atomic mass is 35.5. The second kappa shape index (κ2) is 7.26. The van der Waals surface area contributed by atoms with Crippen molar-refractivity contribution in [2.24, 2.45) is 0 Å². The van der Waals surface area contributed by atoms with Crippen molar-refractivity contribution in [3.63, 3.8) is 0 Å². The predicted molar refractivity (Wildman–Crippen MR) is 110 cm³/mol. The van der Waals surface area contributed by atoms with Crippen LogP contribution in [0.5, 0.6) is 0 Å². The molecule has 0 fully saturated rings. The molecule has 1 aliphatic rings. The number of benzene rings is 1. The molecule has 138 valence electrons. The highest BCUT2D eigenvalue weighted by Gasteiger charge is 2.20. The minimum atomic E-state index is 0.577. The van der Waals surface area contributed by atoms with Gasteiger partial charge in [0.25, 0.3) is 0 Å². The van der Waals surface area contributed by atoms with E-state index in [4.69, 9.17) is 16.6 Å². The average Bonchev–Trinajstić information content (AvgIpc) is 2.74. The number of hydrogen-bond donors (Lipinski definition) is 0. The quantitative estimate of drug-likeness (QED) is 0.490. The van der Waals surface area contributed by atoms with Crippen LogP contribution in [-0.4, -0.2) is 31.4 Å². The van der Waals surface area contributed by atoms with Crippen LogP contribution in [0.3, 0.4) is 0 Å². The Labute approximate surface area is 168 Å². The Morgan fingerprint density at radius 1 is 1.04 bits per heavy atom. The molecule has 0 bridgehead atoms. The standard InChI is InChI=1S/C22H18ClN5/c23-21-17(10-15-4-1-2-6-19(15)26-21)13-28-9-7-20-18(14-28)12-25-22(27-20)16-5-3-8-24-11-16/h1-6,8,10-12H,7,9,13-14H2. The Hall–Kier alpha value is -2.89. The minimum Gasteiger partial charge on any atom is -0.294 e. The van der Waals surface area contributed by atoms with Crippen LogP contribution in [0.25, 0.3) is 22.3 Å². The molecule has 5 nitrogen and oxygen atoms in total. The van der Waals surface area contributed by atoms with Gasteiger partial charge in [0.2, 0.25) is 0 Å². The van der Waals surface area contributed by atoms with Gasteiger partial charge in [0.1, 0.15) is 5.15 Å². The Morgan fingerprint density at radius 3 is 2.86 bits per heavy atom. The fourth-order valence-electron chi connectivity index (χ4n) is 3.63. The minimum absolute atomic E-state index is 0.577. The van der Waals surface area contributed by atoms with E-state index in [0.717, 1.165) is 59.6 Å². The Balaban J connectivity index is 1.37. The van der Waals surface area contributed by atoms with Gasteiger partial charge >= 0.3 is 0 Å². The van der Waals surface area contributed by atoms with E-state index in [-0.39, 0.29) is 0 Å². The molecular weight excluding hydrogens is 370 g/mol. The lowest BCUT2D eigenvalue weighted by molar-refractivity contribution is 0.243. The van der Waals surface area contributed by atoms with Crippen molar-refractivity contribution in [3.8, 4) is 11.4 Å². The first-order valence-electron chi connectivity index (χ1n) is 9.28. The fraction of sp³-hybridized carbons (Fsp3) is 0.182. The first kappa shape index (κ1) is 17.2. The number of hydrogen-bond acceptors (Lipinski definition) is 5. The molecular formula is C22H18ClN5. The molecule has 0 aliphatic carbocycles.